The maximum atomic E-state index is 2.50. The molecule has 0 heteroatoms. The molecule has 0 fully saturated rings. The van der Waals surface area contributed by atoms with Crippen LogP contribution < -0.4 is 0 Å². The van der Waals surface area contributed by atoms with Crippen molar-refractivity contribution in [2.75, 3.05) is 0 Å². The molecule has 53 heavy (non-hydrogen) atoms. The standard InChI is InChI=1S/C53H44/c1-31-27-36(28-32(2)33(31)3)49-39-16-8-9-17-40(39)50(43-19-14-22-47-51(43)42-18-11-13-21-46(42)52(47,4)5)44-29-34(24-26-41(44)49)35-23-25-38-37-15-10-12-20-45(37)53(6,7)48(38)30-35/h8-30H,1-7H3. The summed E-state index contributed by atoms with van der Waals surface area (Å²) >= 11 is 0. The third-order valence-corrected chi connectivity index (χ3v) is 13.0. The Morgan fingerprint density at radius 2 is 0.830 bits per heavy atom. The summed E-state index contributed by atoms with van der Waals surface area (Å²) in [7, 11) is 0. The summed E-state index contributed by atoms with van der Waals surface area (Å²) in [6.45, 7) is 16.3. The Morgan fingerprint density at radius 3 is 1.57 bits per heavy atom. The molecule has 256 valence electrons. The van der Waals surface area contributed by atoms with E-state index in [4.69, 9.17) is 0 Å². The van der Waals surface area contributed by atoms with Gasteiger partial charge >= 0.3 is 0 Å². The number of hydrogen-bond donors (Lipinski definition) is 0. The van der Waals surface area contributed by atoms with Gasteiger partial charge in [-0.1, -0.05) is 155 Å². The van der Waals surface area contributed by atoms with Gasteiger partial charge in [0, 0.05) is 10.8 Å². The van der Waals surface area contributed by atoms with Crippen LogP contribution in [0.1, 0.15) is 66.6 Å². The van der Waals surface area contributed by atoms with E-state index in [9.17, 15) is 0 Å². The van der Waals surface area contributed by atoms with Gasteiger partial charge in [-0.15, -0.1) is 0 Å². The smallest absolute Gasteiger partial charge is 0.0159 e. The van der Waals surface area contributed by atoms with Gasteiger partial charge < -0.3 is 0 Å². The molecule has 0 amide bonds. The Labute approximate surface area is 313 Å². The number of rotatable bonds is 3. The van der Waals surface area contributed by atoms with Crippen LogP contribution in [0, 0.1) is 20.8 Å². The molecule has 2 aliphatic carbocycles. The Hall–Kier alpha value is -5.72. The monoisotopic (exact) mass is 680 g/mol. The summed E-state index contributed by atoms with van der Waals surface area (Å²) < 4.78 is 0. The van der Waals surface area contributed by atoms with Crippen molar-refractivity contribution in [3.63, 3.8) is 0 Å². The molecule has 0 saturated carbocycles. The Morgan fingerprint density at radius 1 is 0.321 bits per heavy atom. The van der Waals surface area contributed by atoms with Crippen molar-refractivity contribution in [1.82, 2.24) is 0 Å². The van der Waals surface area contributed by atoms with Crippen LogP contribution in [0.2, 0.25) is 0 Å². The molecule has 0 heterocycles. The summed E-state index contributed by atoms with van der Waals surface area (Å²) in [4.78, 5) is 0. The first-order valence-electron chi connectivity index (χ1n) is 19.1. The lowest BCUT2D eigenvalue weighted by atomic mass is 9.80. The molecule has 0 N–H and O–H groups in total. The fourth-order valence-corrected chi connectivity index (χ4v) is 9.99. The molecule has 8 aromatic carbocycles. The van der Waals surface area contributed by atoms with Crippen LogP contribution in [0.25, 0.3) is 77.2 Å². The summed E-state index contributed by atoms with van der Waals surface area (Å²) in [5, 5.41) is 5.18. The normalized spacial score (nSPS) is 14.6. The number of benzene rings is 8. The minimum absolute atomic E-state index is 0.0563. The van der Waals surface area contributed by atoms with Crippen LogP contribution in [0.15, 0.2) is 140 Å². The quantitative estimate of drug-likeness (QED) is 0.163. The van der Waals surface area contributed by atoms with Crippen molar-refractivity contribution in [2.24, 2.45) is 0 Å². The topological polar surface area (TPSA) is 0 Å². The zero-order valence-electron chi connectivity index (χ0n) is 31.8. The van der Waals surface area contributed by atoms with E-state index in [0.29, 0.717) is 0 Å². The summed E-state index contributed by atoms with van der Waals surface area (Å²) in [6, 6.07) is 53.4. The highest BCUT2D eigenvalue weighted by Crippen LogP contribution is 2.55. The molecule has 0 unspecified atom stereocenters. The first kappa shape index (κ1) is 32.0. The fourth-order valence-electron chi connectivity index (χ4n) is 9.99. The molecular formula is C53H44. The van der Waals surface area contributed by atoms with Crippen LogP contribution in [-0.2, 0) is 10.8 Å². The molecule has 0 saturated heterocycles. The average Bonchev–Trinajstić information content (AvgIpc) is 3.55. The van der Waals surface area contributed by atoms with Gasteiger partial charge in [0.15, 0.2) is 0 Å². The number of aryl methyl sites for hydroxylation is 2. The second kappa shape index (κ2) is 11.1. The molecule has 0 radical (unpaired) electrons. The average molecular weight is 681 g/mol. The maximum absolute atomic E-state index is 2.50. The Bertz CT molecular complexity index is 2830. The van der Waals surface area contributed by atoms with Gasteiger partial charge in [0.25, 0.3) is 0 Å². The maximum Gasteiger partial charge on any atom is 0.0159 e. The van der Waals surface area contributed by atoms with E-state index in [1.807, 2.05) is 0 Å². The zero-order valence-corrected chi connectivity index (χ0v) is 31.8. The van der Waals surface area contributed by atoms with Crippen molar-refractivity contribution in [3.05, 3.63) is 178 Å². The lowest BCUT2D eigenvalue weighted by Crippen LogP contribution is -2.14. The van der Waals surface area contributed by atoms with Gasteiger partial charge in [-0.25, -0.2) is 0 Å². The second-order valence-electron chi connectivity index (χ2n) is 16.6. The van der Waals surface area contributed by atoms with Crippen molar-refractivity contribution < 1.29 is 0 Å². The molecule has 0 aliphatic heterocycles. The summed E-state index contributed by atoms with van der Waals surface area (Å²) in [6.07, 6.45) is 0. The molecule has 0 spiro atoms. The zero-order chi connectivity index (χ0) is 36.4. The van der Waals surface area contributed by atoms with Crippen LogP contribution >= 0.6 is 0 Å². The first-order chi connectivity index (χ1) is 25.6. The predicted molar refractivity (Wildman–Crippen MR) is 227 cm³/mol. The van der Waals surface area contributed by atoms with Gasteiger partial charge in [0.1, 0.15) is 0 Å². The van der Waals surface area contributed by atoms with E-state index in [1.54, 1.807) is 0 Å². The second-order valence-corrected chi connectivity index (χ2v) is 16.6. The van der Waals surface area contributed by atoms with Gasteiger partial charge in [0.05, 0.1) is 0 Å². The highest BCUT2D eigenvalue weighted by Gasteiger charge is 2.38. The SMILES string of the molecule is Cc1cc(-c2c3ccccc3c(-c3cccc4c3-c3ccccc3C4(C)C)c3cc(-c4ccc5c(c4)C(C)(C)c4ccccc4-5)ccc23)cc(C)c1C. The van der Waals surface area contributed by atoms with Gasteiger partial charge in [0.2, 0.25) is 0 Å². The van der Waals surface area contributed by atoms with Crippen LogP contribution in [0.4, 0.5) is 0 Å². The molecular weight excluding hydrogens is 637 g/mol. The third kappa shape index (κ3) is 4.42. The fraction of sp³-hybridized carbons (Fsp3) is 0.170. The Balaban J connectivity index is 1.31. The van der Waals surface area contributed by atoms with Gasteiger partial charge in [-0.05, 0) is 149 Å². The minimum Gasteiger partial charge on any atom is -0.0619 e. The van der Waals surface area contributed by atoms with Crippen molar-refractivity contribution in [3.8, 4) is 55.6 Å². The molecule has 0 atom stereocenters. The van der Waals surface area contributed by atoms with E-state index in [1.165, 1.54) is 116 Å². The number of hydrogen-bond acceptors (Lipinski definition) is 0. The van der Waals surface area contributed by atoms with Gasteiger partial charge in [-0.2, -0.15) is 0 Å². The predicted octanol–water partition coefficient (Wildman–Crippen LogP) is 14.5. The molecule has 2 aliphatic rings. The largest absolute Gasteiger partial charge is 0.0619 e. The van der Waals surface area contributed by atoms with Crippen LogP contribution in [0.3, 0.4) is 0 Å². The van der Waals surface area contributed by atoms with Crippen molar-refractivity contribution >= 4 is 21.5 Å². The van der Waals surface area contributed by atoms with E-state index < -0.39 is 0 Å². The summed E-state index contributed by atoms with van der Waals surface area (Å²) in [5.41, 5.74) is 22.7. The molecule has 0 aromatic heterocycles. The summed E-state index contributed by atoms with van der Waals surface area (Å²) in [5.74, 6) is 0. The van der Waals surface area contributed by atoms with Gasteiger partial charge in [-0.3, -0.25) is 0 Å². The Kier molecular flexibility index (Phi) is 6.72. The van der Waals surface area contributed by atoms with Crippen molar-refractivity contribution in [2.45, 2.75) is 59.3 Å². The van der Waals surface area contributed by atoms with E-state index in [0.717, 1.165) is 0 Å². The minimum atomic E-state index is -0.0790. The van der Waals surface area contributed by atoms with Crippen molar-refractivity contribution in [1.29, 1.82) is 0 Å². The molecule has 10 rings (SSSR count). The van der Waals surface area contributed by atoms with Crippen LogP contribution in [0.5, 0.6) is 0 Å². The van der Waals surface area contributed by atoms with E-state index in [2.05, 4.69) is 188 Å². The van der Waals surface area contributed by atoms with E-state index >= 15 is 0 Å². The lowest BCUT2D eigenvalue weighted by Gasteiger charge is -2.23. The number of fused-ring (bicyclic) bond motifs is 8. The molecule has 8 aromatic rings. The third-order valence-electron chi connectivity index (χ3n) is 13.0. The molecule has 0 bridgehead atoms. The lowest BCUT2D eigenvalue weighted by molar-refractivity contribution is 0.660. The first-order valence-corrected chi connectivity index (χ1v) is 19.1. The highest BCUT2D eigenvalue weighted by molar-refractivity contribution is 6.23. The van der Waals surface area contributed by atoms with Crippen LogP contribution in [-0.4, -0.2) is 0 Å². The highest BCUT2D eigenvalue weighted by atomic mass is 14.4. The molecule has 0 nitrogen and oxygen atoms in total. The van der Waals surface area contributed by atoms with E-state index in [-0.39, 0.29) is 10.8 Å².